The first kappa shape index (κ1) is 34.3. The van der Waals surface area contributed by atoms with Gasteiger partial charge in [0.25, 0.3) is 11.6 Å². The summed E-state index contributed by atoms with van der Waals surface area (Å²) >= 11 is 1.06. The average molecular weight is 660 g/mol. The molecule has 0 saturated carbocycles. The van der Waals surface area contributed by atoms with Crippen molar-refractivity contribution in [3.8, 4) is 5.75 Å². The first-order chi connectivity index (χ1) is 20.6. The number of ether oxygens (including phenoxy) is 3. The summed E-state index contributed by atoms with van der Waals surface area (Å²) in [6, 6.07) is 3.98. The monoisotopic (exact) mass is 659 g/mol. The molecule has 17 nitrogen and oxygen atoms in total. The van der Waals surface area contributed by atoms with Gasteiger partial charge < -0.3 is 39.7 Å². The Morgan fingerprint density at radius 3 is 2.41 bits per heavy atom. The molecule has 0 unspecified atom stereocenters. The highest BCUT2D eigenvalue weighted by atomic mass is 32.3. The highest BCUT2D eigenvalue weighted by Gasteiger charge is 2.66. The minimum Gasteiger partial charge on any atom is -0.490 e. The van der Waals surface area contributed by atoms with Gasteiger partial charge in [-0.3, -0.25) is 23.8 Å². The Morgan fingerprint density at radius 1 is 1.20 bits per heavy atom. The number of β-lactam (4-membered cyclic amide) rings is 1. The van der Waals surface area contributed by atoms with Crippen LogP contribution in [0.5, 0.6) is 5.75 Å². The van der Waals surface area contributed by atoms with Crippen molar-refractivity contribution in [3.63, 3.8) is 0 Å². The Bertz CT molecular complexity index is 1490. The van der Waals surface area contributed by atoms with E-state index >= 15 is 0 Å². The van der Waals surface area contributed by atoms with Crippen LogP contribution in [0.2, 0.25) is 0 Å². The molecule has 0 radical (unpaired) electrons. The normalized spacial score (nSPS) is 20.6. The van der Waals surface area contributed by atoms with Gasteiger partial charge >= 0.3 is 28.3 Å². The Labute approximate surface area is 254 Å². The van der Waals surface area contributed by atoms with Crippen LogP contribution in [0.1, 0.15) is 24.8 Å². The van der Waals surface area contributed by atoms with E-state index in [2.05, 4.69) is 9.50 Å². The number of hydrogen-bond donors (Lipinski definition) is 5. The average Bonchev–Trinajstić information content (AvgIpc) is 2.96. The lowest BCUT2D eigenvalue weighted by Gasteiger charge is -2.55. The molecule has 2 heterocycles. The van der Waals surface area contributed by atoms with Gasteiger partial charge in [0, 0.05) is 24.9 Å². The Hall–Kier alpha value is -4.17. The summed E-state index contributed by atoms with van der Waals surface area (Å²) in [4.78, 5) is 62.4. The number of esters is 1. The number of amides is 2. The summed E-state index contributed by atoms with van der Waals surface area (Å²) < 4.78 is 50.4. The van der Waals surface area contributed by atoms with Crippen LogP contribution in [0.3, 0.4) is 0 Å². The molecule has 44 heavy (non-hydrogen) atoms. The van der Waals surface area contributed by atoms with E-state index in [1.165, 1.54) is 44.6 Å². The highest BCUT2D eigenvalue weighted by molar-refractivity contribution is 8.00. The summed E-state index contributed by atoms with van der Waals surface area (Å²) in [7, 11) is -2.36. The number of carbonyl (C=O) groups excluding carboxylic acids is 3. The molecule has 1 fully saturated rings. The lowest BCUT2D eigenvalue weighted by molar-refractivity contribution is -0.192. The summed E-state index contributed by atoms with van der Waals surface area (Å²) in [6.45, 7) is -0.526. The predicted molar refractivity (Wildman–Crippen MR) is 150 cm³/mol. The van der Waals surface area contributed by atoms with Crippen LogP contribution < -0.4 is 15.2 Å². The minimum atomic E-state index is -4.72. The number of carboxylic acids is 2. The van der Waals surface area contributed by atoms with Crippen molar-refractivity contribution in [1.29, 1.82) is 0 Å². The predicted octanol–water partition coefficient (Wildman–Crippen LogP) is -0.306. The Balaban J connectivity index is 1.69. The van der Waals surface area contributed by atoms with Crippen molar-refractivity contribution in [1.82, 2.24) is 10.2 Å². The molecule has 19 heteroatoms. The van der Waals surface area contributed by atoms with E-state index in [-0.39, 0.29) is 42.1 Å². The molecule has 240 valence electrons. The van der Waals surface area contributed by atoms with E-state index in [9.17, 15) is 37.5 Å². The molecule has 1 aromatic rings. The van der Waals surface area contributed by atoms with E-state index in [0.717, 1.165) is 16.7 Å². The van der Waals surface area contributed by atoms with Crippen LogP contribution in [-0.4, -0.2) is 102 Å². The number of nitrogens with one attached hydrogen (secondary N) is 1. The zero-order chi connectivity index (χ0) is 32.8. The van der Waals surface area contributed by atoms with Crippen molar-refractivity contribution < 1.29 is 65.5 Å². The second-order valence-corrected chi connectivity index (χ2v) is 11.4. The molecule has 3 rings (SSSR count). The lowest BCUT2D eigenvalue weighted by atomic mass is 9.97. The second-order valence-electron chi connectivity index (χ2n) is 9.29. The first-order valence-corrected chi connectivity index (χ1v) is 15.0. The maximum absolute atomic E-state index is 13.2. The zero-order valence-electron chi connectivity index (χ0n) is 23.3. The van der Waals surface area contributed by atoms with Crippen LogP contribution in [-0.2, 0) is 48.6 Å². The number of nitrogens with zero attached hydrogens (tertiary/aromatic N) is 1. The summed E-state index contributed by atoms with van der Waals surface area (Å²) in [6.07, 6.45) is 1.24. The lowest BCUT2D eigenvalue weighted by Crippen LogP contribution is -2.80. The molecule has 1 aromatic carbocycles. The van der Waals surface area contributed by atoms with Crippen LogP contribution in [0, 0.1) is 0 Å². The minimum absolute atomic E-state index is 0.0148. The molecule has 0 aliphatic carbocycles. The van der Waals surface area contributed by atoms with E-state index < -0.39 is 69.6 Å². The molecule has 1 saturated heterocycles. The molecule has 0 aromatic heterocycles. The van der Waals surface area contributed by atoms with Gasteiger partial charge in [-0.15, -0.1) is 11.8 Å². The van der Waals surface area contributed by atoms with E-state index in [1.807, 2.05) is 0 Å². The van der Waals surface area contributed by atoms with E-state index in [1.54, 1.807) is 0 Å². The van der Waals surface area contributed by atoms with Crippen molar-refractivity contribution >= 4 is 58.0 Å². The van der Waals surface area contributed by atoms with Crippen molar-refractivity contribution in [3.05, 3.63) is 46.9 Å². The Kier molecular flexibility index (Phi) is 11.0. The number of methoxy groups -OCH3 is 2. The van der Waals surface area contributed by atoms with Gasteiger partial charge in [0.1, 0.15) is 29.5 Å². The third kappa shape index (κ3) is 7.85. The topological polar surface area (TPSA) is 258 Å². The number of carbonyl (C=O) groups is 5. The molecule has 2 aliphatic heterocycles. The quantitative estimate of drug-likeness (QED) is 0.0404. The van der Waals surface area contributed by atoms with Gasteiger partial charge in [-0.05, 0) is 36.6 Å². The third-order valence-corrected chi connectivity index (χ3v) is 8.15. The van der Waals surface area contributed by atoms with E-state index in [4.69, 9.17) is 29.6 Å². The van der Waals surface area contributed by atoms with Crippen LogP contribution >= 0.6 is 11.8 Å². The number of fused-ring (bicyclic) bond motifs is 1. The number of thioether (sulfide) groups is 1. The van der Waals surface area contributed by atoms with Crippen LogP contribution in [0.4, 0.5) is 0 Å². The molecule has 6 N–H and O–H groups in total. The van der Waals surface area contributed by atoms with Gasteiger partial charge in [0.2, 0.25) is 11.7 Å². The fourth-order valence-electron chi connectivity index (χ4n) is 4.25. The van der Waals surface area contributed by atoms with Crippen LogP contribution in [0.15, 0.2) is 41.3 Å². The maximum atomic E-state index is 13.2. The van der Waals surface area contributed by atoms with Gasteiger partial charge in [-0.25, -0.2) is 9.59 Å². The number of nitrogens with two attached hydrogens (primary N) is 1. The van der Waals surface area contributed by atoms with Gasteiger partial charge in [-0.2, -0.15) is 8.42 Å². The van der Waals surface area contributed by atoms with Gasteiger partial charge in [0.05, 0.1) is 7.11 Å². The molecule has 3 atom stereocenters. The van der Waals surface area contributed by atoms with Gasteiger partial charge in [0.15, 0.2) is 0 Å². The molecule has 2 amide bonds. The summed E-state index contributed by atoms with van der Waals surface area (Å²) in [5, 5.41) is 20.3. The molecule has 2 aliphatic rings. The Morgan fingerprint density at radius 2 is 1.86 bits per heavy atom. The van der Waals surface area contributed by atoms with Crippen molar-refractivity contribution in [2.45, 2.75) is 36.4 Å². The van der Waals surface area contributed by atoms with Gasteiger partial charge in [-0.1, -0.05) is 12.1 Å². The fraction of sp³-hybridized carbons (Fsp3) is 0.400. The van der Waals surface area contributed by atoms with Crippen LogP contribution in [0.25, 0.3) is 6.08 Å². The smallest absolute Gasteiger partial charge is 0.446 e. The summed E-state index contributed by atoms with van der Waals surface area (Å²) in [5.41, 5.74) is 3.56. The highest BCUT2D eigenvalue weighted by Crippen LogP contribution is 2.46. The molecule has 0 spiro atoms. The molecular formula is C25H29N3O14S2. The molecular weight excluding hydrogens is 630 g/mol. The number of hydrogen-bond acceptors (Lipinski definition) is 13. The van der Waals surface area contributed by atoms with E-state index in [0.29, 0.717) is 5.56 Å². The number of carboxylic acid groups (broad SMARTS) is 2. The number of benzene rings is 1. The SMILES string of the molecule is CO/C(=C\c1ccc(OS(=O)(=O)O)cc1)C(=O)OCC1=C(C(=O)O)N2C(=O)[C@](NC(=O)CCC[C@H](N)C(=O)O)(OC)[C@H]2SC1. The van der Waals surface area contributed by atoms with Crippen molar-refractivity contribution in [2.24, 2.45) is 5.73 Å². The molecule has 0 bridgehead atoms. The third-order valence-electron chi connectivity index (χ3n) is 6.37. The largest absolute Gasteiger partial charge is 0.490 e. The zero-order valence-corrected chi connectivity index (χ0v) is 24.9. The maximum Gasteiger partial charge on any atom is 0.446 e. The fourth-order valence-corrected chi connectivity index (χ4v) is 6.02. The second kappa shape index (κ2) is 14.1. The first-order valence-electron chi connectivity index (χ1n) is 12.6. The summed E-state index contributed by atoms with van der Waals surface area (Å²) in [5.74, 6) is -5.67. The number of rotatable bonds is 15. The number of aliphatic carboxylic acids is 2. The van der Waals surface area contributed by atoms with Crippen molar-refractivity contribution in [2.75, 3.05) is 26.6 Å². The standard InChI is InChI=1S/C25H29N3O14S2/c1-39-17(10-13-6-8-15(9-7-13)42-44(36,37)38)22(34)41-11-14-12-43-24-25(40-2,23(35)28(24)19(14)21(32)33)27-18(29)5-3-4-16(26)20(30)31/h6-10,16,24H,3-5,11-12,26H2,1-2H3,(H,27,29)(H,30,31)(H,32,33)(H,36,37,38)/b17-10-/t16-,24+,25-/m0/s1.